The fourth-order valence-electron chi connectivity index (χ4n) is 0.417. The Bertz CT molecular complexity index is 81.1. The van der Waals surface area contributed by atoms with Gasteiger partial charge in [-0.3, -0.25) is 4.79 Å². The number of rotatable bonds is 2. The van der Waals surface area contributed by atoms with E-state index in [-0.39, 0.29) is 12.1 Å². The minimum atomic E-state index is -0.125. The summed E-state index contributed by atoms with van der Waals surface area (Å²) in [5.74, 6) is 0.280. The van der Waals surface area contributed by atoms with Gasteiger partial charge in [-0.1, -0.05) is 13.8 Å². The molecule has 0 radical (unpaired) electrons. The highest BCUT2D eigenvalue weighted by atomic mass is 16.5. The monoisotopic (exact) mass is 133 g/mol. The number of ether oxygens (including phenoxy) is 1. The normalized spacial score (nSPS) is 8.44. The Labute approximate surface area is 56.0 Å². The SMILES string of the molecule is COC(=O)CC(C)C.N. The molecule has 0 aliphatic rings. The predicted octanol–water partition coefficient (Wildman–Crippen LogP) is 1.37. The molecule has 0 amide bonds. The van der Waals surface area contributed by atoms with Crippen LogP contribution in [-0.2, 0) is 9.53 Å². The molecule has 56 valence electrons. The Morgan fingerprint density at radius 2 is 2.00 bits per heavy atom. The predicted molar refractivity (Wildman–Crippen MR) is 36.5 cm³/mol. The van der Waals surface area contributed by atoms with Crippen LogP contribution in [0.25, 0.3) is 0 Å². The zero-order chi connectivity index (χ0) is 6.57. The number of hydrogen-bond donors (Lipinski definition) is 1. The molecule has 3 N–H and O–H groups in total. The number of hydrogen-bond acceptors (Lipinski definition) is 3. The van der Waals surface area contributed by atoms with Crippen molar-refractivity contribution in [2.75, 3.05) is 7.11 Å². The molecule has 3 nitrogen and oxygen atoms in total. The van der Waals surface area contributed by atoms with E-state index in [4.69, 9.17) is 0 Å². The third kappa shape index (κ3) is 7.43. The second-order valence-electron chi connectivity index (χ2n) is 2.17. The van der Waals surface area contributed by atoms with Crippen LogP contribution in [0.15, 0.2) is 0 Å². The molecule has 0 saturated carbocycles. The van der Waals surface area contributed by atoms with Gasteiger partial charge in [-0.2, -0.15) is 0 Å². The molecule has 0 aromatic rings. The summed E-state index contributed by atoms with van der Waals surface area (Å²) in [6.45, 7) is 3.97. The Hall–Kier alpha value is -0.570. The topological polar surface area (TPSA) is 61.3 Å². The van der Waals surface area contributed by atoms with E-state index in [9.17, 15) is 4.79 Å². The van der Waals surface area contributed by atoms with Crippen LogP contribution in [0, 0.1) is 5.92 Å². The largest absolute Gasteiger partial charge is 0.469 e. The first-order chi connectivity index (χ1) is 3.66. The van der Waals surface area contributed by atoms with E-state index in [0.29, 0.717) is 12.3 Å². The molecule has 0 spiro atoms. The van der Waals surface area contributed by atoms with Crippen LogP contribution >= 0.6 is 0 Å². The summed E-state index contributed by atoms with van der Waals surface area (Å²) >= 11 is 0. The molecule has 0 aromatic carbocycles. The molecule has 0 saturated heterocycles. The number of carbonyl (C=O) groups excluding carboxylic acids is 1. The third-order valence-electron chi connectivity index (χ3n) is 0.803. The third-order valence-corrected chi connectivity index (χ3v) is 0.803. The van der Waals surface area contributed by atoms with Crippen LogP contribution in [0.1, 0.15) is 20.3 Å². The highest BCUT2D eigenvalue weighted by Gasteiger charge is 2.01. The average molecular weight is 133 g/mol. The summed E-state index contributed by atoms with van der Waals surface area (Å²) in [4.78, 5) is 10.4. The van der Waals surface area contributed by atoms with Crippen molar-refractivity contribution in [2.45, 2.75) is 20.3 Å². The molecule has 0 aromatic heterocycles. The molecule has 9 heavy (non-hydrogen) atoms. The summed E-state index contributed by atoms with van der Waals surface area (Å²) in [5.41, 5.74) is 0. The van der Waals surface area contributed by atoms with Crippen molar-refractivity contribution in [1.29, 1.82) is 0 Å². The molecule has 0 aliphatic heterocycles. The van der Waals surface area contributed by atoms with Crippen LogP contribution < -0.4 is 6.15 Å². The fraction of sp³-hybridized carbons (Fsp3) is 0.833. The lowest BCUT2D eigenvalue weighted by Gasteiger charge is -1.99. The van der Waals surface area contributed by atoms with E-state index in [1.54, 1.807) is 0 Å². The van der Waals surface area contributed by atoms with Crippen molar-refractivity contribution in [3.63, 3.8) is 0 Å². The molecular formula is C6H15NO2. The van der Waals surface area contributed by atoms with Gasteiger partial charge in [-0.25, -0.2) is 0 Å². The lowest BCUT2D eigenvalue weighted by Crippen LogP contribution is -2.03. The van der Waals surface area contributed by atoms with Crippen LogP contribution in [0.2, 0.25) is 0 Å². The second-order valence-corrected chi connectivity index (χ2v) is 2.17. The Morgan fingerprint density at radius 3 is 2.11 bits per heavy atom. The first-order valence-corrected chi connectivity index (χ1v) is 2.73. The number of esters is 1. The van der Waals surface area contributed by atoms with E-state index in [1.165, 1.54) is 7.11 Å². The summed E-state index contributed by atoms with van der Waals surface area (Å²) in [7, 11) is 1.41. The Morgan fingerprint density at radius 1 is 1.56 bits per heavy atom. The lowest BCUT2D eigenvalue weighted by molar-refractivity contribution is -0.141. The zero-order valence-corrected chi connectivity index (χ0v) is 6.31. The van der Waals surface area contributed by atoms with Gasteiger partial charge in [-0.15, -0.1) is 0 Å². The van der Waals surface area contributed by atoms with Crippen molar-refractivity contribution in [3.8, 4) is 0 Å². The van der Waals surface area contributed by atoms with Gasteiger partial charge in [0, 0.05) is 6.42 Å². The smallest absolute Gasteiger partial charge is 0.305 e. The maximum atomic E-state index is 10.4. The maximum Gasteiger partial charge on any atom is 0.305 e. The van der Waals surface area contributed by atoms with Crippen LogP contribution in [0.5, 0.6) is 0 Å². The minimum Gasteiger partial charge on any atom is -0.469 e. The molecule has 0 heterocycles. The second kappa shape index (κ2) is 5.56. The summed E-state index contributed by atoms with van der Waals surface area (Å²) in [5, 5.41) is 0. The average Bonchev–Trinajstić information content (AvgIpc) is 1.65. The summed E-state index contributed by atoms with van der Waals surface area (Å²) in [6, 6.07) is 0. The van der Waals surface area contributed by atoms with Crippen LogP contribution in [0.4, 0.5) is 0 Å². The van der Waals surface area contributed by atoms with Gasteiger partial charge in [-0.05, 0) is 5.92 Å². The van der Waals surface area contributed by atoms with Gasteiger partial charge in [0.25, 0.3) is 0 Å². The van der Waals surface area contributed by atoms with Crippen molar-refractivity contribution in [2.24, 2.45) is 5.92 Å². The minimum absolute atomic E-state index is 0. The van der Waals surface area contributed by atoms with Crippen molar-refractivity contribution in [3.05, 3.63) is 0 Å². The maximum absolute atomic E-state index is 10.4. The Balaban J connectivity index is 0. The molecule has 0 fully saturated rings. The van der Waals surface area contributed by atoms with E-state index in [1.807, 2.05) is 13.8 Å². The standard InChI is InChI=1S/C6H12O2.H3N/c1-5(2)4-6(7)8-3;/h5H,4H2,1-3H3;1H3. The highest BCUT2D eigenvalue weighted by molar-refractivity contribution is 5.69. The number of methoxy groups -OCH3 is 1. The van der Waals surface area contributed by atoms with E-state index in [2.05, 4.69) is 4.74 Å². The molecule has 0 atom stereocenters. The van der Waals surface area contributed by atoms with Crippen molar-refractivity contribution < 1.29 is 9.53 Å². The summed E-state index contributed by atoms with van der Waals surface area (Å²) < 4.78 is 4.42. The van der Waals surface area contributed by atoms with Gasteiger partial charge in [0.1, 0.15) is 0 Å². The van der Waals surface area contributed by atoms with Crippen LogP contribution in [0.3, 0.4) is 0 Å². The fourth-order valence-corrected chi connectivity index (χ4v) is 0.417. The molecule has 0 aliphatic carbocycles. The quantitative estimate of drug-likeness (QED) is 0.578. The van der Waals surface area contributed by atoms with E-state index in [0.717, 1.165) is 0 Å². The van der Waals surface area contributed by atoms with E-state index >= 15 is 0 Å². The first-order valence-electron chi connectivity index (χ1n) is 2.73. The van der Waals surface area contributed by atoms with Gasteiger partial charge >= 0.3 is 5.97 Å². The van der Waals surface area contributed by atoms with E-state index < -0.39 is 0 Å². The van der Waals surface area contributed by atoms with Gasteiger partial charge < -0.3 is 10.9 Å². The van der Waals surface area contributed by atoms with Gasteiger partial charge in [0.05, 0.1) is 7.11 Å². The highest BCUT2D eigenvalue weighted by Crippen LogP contribution is 1.98. The van der Waals surface area contributed by atoms with Crippen molar-refractivity contribution in [1.82, 2.24) is 6.15 Å². The zero-order valence-electron chi connectivity index (χ0n) is 6.31. The molecule has 0 rings (SSSR count). The van der Waals surface area contributed by atoms with Crippen molar-refractivity contribution >= 4 is 5.97 Å². The first kappa shape index (κ1) is 11.3. The molecule has 0 unspecified atom stereocenters. The number of carbonyl (C=O) groups is 1. The summed E-state index contributed by atoms with van der Waals surface area (Å²) in [6.07, 6.45) is 0.524. The molecule has 3 heteroatoms. The lowest BCUT2D eigenvalue weighted by atomic mass is 10.1. The van der Waals surface area contributed by atoms with Gasteiger partial charge in [0.2, 0.25) is 0 Å². The molecular weight excluding hydrogens is 118 g/mol. The van der Waals surface area contributed by atoms with Gasteiger partial charge in [0.15, 0.2) is 0 Å². The molecule has 0 bridgehead atoms. The Kier molecular flexibility index (Phi) is 6.96. The van der Waals surface area contributed by atoms with Crippen LogP contribution in [-0.4, -0.2) is 13.1 Å².